The Hall–Kier alpha value is -1.02. The van der Waals surface area contributed by atoms with Gasteiger partial charge in [-0.3, -0.25) is 4.79 Å². The molecule has 1 atom stereocenters. The van der Waals surface area contributed by atoms with E-state index >= 15 is 0 Å². The second-order valence-corrected chi connectivity index (χ2v) is 6.49. The van der Waals surface area contributed by atoms with E-state index in [-0.39, 0.29) is 6.04 Å². The van der Waals surface area contributed by atoms with Gasteiger partial charge < -0.3 is 4.90 Å². The molecule has 1 saturated carbocycles. The average Bonchev–Trinajstić information content (AvgIpc) is 2.49. The quantitative estimate of drug-likeness (QED) is 0.771. The van der Waals surface area contributed by atoms with Gasteiger partial charge in [0, 0.05) is 17.5 Å². The van der Waals surface area contributed by atoms with Crippen molar-refractivity contribution in [2.45, 2.75) is 63.5 Å². The number of likely N-dealkylation sites (tertiary alicyclic amines) is 1. The molecule has 2 fully saturated rings. The number of amides is 1. The highest BCUT2D eigenvalue weighted by molar-refractivity contribution is 6.30. The SMILES string of the molecule is O=C1CCCC(c2ccc(Cl)cc2)N1C1CCCCC1. The third-order valence-corrected chi connectivity index (χ3v) is 4.97. The fourth-order valence-corrected chi connectivity index (χ4v) is 3.84. The molecule has 1 aromatic carbocycles. The van der Waals surface area contributed by atoms with Crippen LogP contribution in [0.25, 0.3) is 0 Å². The van der Waals surface area contributed by atoms with Gasteiger partial charge >= 0.3 is 0 Å². The second kappa shape index (κ2) is 6.17. The van der Waals surface area contributed by atoms with Gasteiger partial charge in [0.15, 0.2) is 0 Å². The molecule has 20 heavy (non-hydrogen) atoms. The lowest BCUT2D eigenvalue weighted by Gasteiger charge is -2.43. The van der Waals surface area contributed by atoms with Crippen LogP contribution in [0.5, 0.6) is 0 Å². The number of carbonyl (C=O) groups excluding carboxylic acids is 1. The van der Waals surface area contributed by atoms with Crippen LogP contribution in [-0.4, -0.2) is 16.8 Å². The third kappa shape index (κ3) is 2.85. The molecule has 1 aromatic rings. The van der Waals surface area contributed by atoms with Gasteiger partial charge in [0.05, 0.1) is 6.04 Å². The maximum absolute atomic E-state index is 12.4. The van der Waals surface area contributed by atoms with Crippen LogP contribution in [0, 0.1) is 0 Å². The first-order valence-electron chi connectivity index (χ1n) is 7.82. The molecule has 1 heterocycles. The Labute approximate surface area is 126 Å². The Morgan fingerprint density at radius 3 is 2.35 bits per heavy atom. The molecule has 0 radical (unpaired) electrons. The molecule has 0 spiro atoms. The van der Waals surface area contributed by atoms with Crippen LogP contribution in [0.3, 0.4) is 0 Å². The van der Waals surface area contributed by atoms with Crippen LogP contribution in [-0.2, 0) is 4.79 Å². The van der Waals surface area contributed by atoms with Crippen LogP contribution in [0.4, 0.5) is 0 Å². The van der Waals surface area contributed by atoms with Gasteiger partial charge in [-0.05, 0) is 43.4 Å². The molecule has 0 aromatic heterocycles. The zero-order valence-corrected chi connectivity index (χ0v) is 12.6. The number of hydrogen-bond acceptors (Lipinski definition) is 1. The second-order valence-electron chi connectivity index (χ2n) is 6.05. The molecule has 2 nitrogen and oxygen atoms in total. The summed E-state index contributed by atoms with van der Waals surface area (Å²) >= 11 is 5.98. The zero-order valence-electron chi connectivity index (χ0n) is 11.9. The van der Waals surface area contributed by atoms with Crippen molar-refractivity contribution in [3.05, 3.63) is 34.9 Å². The fourth-order valence-electron chi connectivity index (χ4n) is 3.72. The lowest BCUT2D eigenvalue weighted by Crippen LogP contribution is -2.46. The average molecular weight is 292 g/mol. The molecule has 3 heteroatoms. The van der Waals surface area contributed by atoms with E-state index in [2.05, 4.69) is 17.0 Å². The number of benzene rings is 1. The maximum Gasteiger partial charge on any atom is 0.223 e. The highest BCUT2D eigenvalue weighted by atomic mass is 35.5. The minimum Gasteiger partial charge on any atom is -0.333 e. The maximum atomic E-state index is 12.4. The van der Waals surface area contributed by atoms with Gasteiger partial charge in [-0.25, -0.2) is 0 Å². The zero-order chi connectivity index (χ0) is 13.9. The summed E-state index contributed by atoms with van der Waals surface area (Å²) in [5.41, 5.74) is 1.24. The summed E-state index contributed by atoms with van der Waals surface area (Å²) in [4.78, 5) is 14.6. The predicted octanol–water partition coefficient (Wildman–Crippen LogP) is 4.73. The summed E-state index contributed by atoms with van der Waals surface area (Å²) in [5.74, 6) is 0.350. The molecular formula is C17H22ClNO. The molecule has 0 bridgehead atoms. The lowest BCUT2D eigenvalue weighted by molar-refractivity contribution is -0.140. The van der Waals surface area contributed by atoms with Crippen LogP contribution in [0.2, 0.25) is 5.02 Å². The minimum atomic E-state index is 0.261. The van der Waals surface area contributed by atoms with Crippen molar-refractivity contribution < 1.29 is 4.79 Å². The Kier molecular flexibility index (Phi) is 4.30. The largest absolute Gasteiger partial charge is 0.333 e. The van der Waals surface area contributed by atoms with Crippen LogP contribution < -0.4 is 0 Å². The normalized spacial score (nSPS) is 24.9. The van der Waals surface area contributed by atoms with Crippen molar-refractivity contribution in [3.8, 4) is 0 Å². The van der Waals surface area contributed by atoms with Gasteiger partial charge in [0.1, 0.15) is 0 Å². The molecule has 3 rings (SSSR count). The van der Waals surface area contributed by atoms with Gasteiger partial charge in [-0.1, -0.05) is 43.0 Å². The van der Waals surface area contributed by atoms with Crippen molar-refractivity contribution in [2.24, 2.45) is 0 Å². The minimum absolute atomic E-state index is 0.261. The van der Waals surface area contributed by atoms with Crippen molar-refractivity contribution in [3.63, 3.8) is 0 Å². The first kappa shape index (κ1) is 13.9. The Morgan fingerprint density at radius 1 is 0.950 bits per heavy atom. The highest BCUT2D eigenvalue weighted by Gasteiger charge is 2.34. The summed E-state index contributed by atoms with van der Waals surface area (Å²) < 4.78 is 0. The van der Waals surface area contributed by atoms with Crippen molar-refractivity contribution >= 4 is 17.5 Å². The first-order valence-corrected chi connectivity index (χ1v) is 8.20. The van der Waals surface area contributed by atoms with E-state index in [4.69, 9.17) is 11.6 Å². The number of rotatable bonds is 2. The summed E-state index contributed by atoms with van der Waals surface area (Å²) in [6, 6.07) is 8.77. The molecule has 1 amide bonds. The van der Waals surface area contributed by atoms with E-state index in [1.165, 1.54) is 37.7 Å². The van der Waals surface area contributed by atoms with E-state index in [1.807, 2.05) is 12.1 Å². The van der Waals surface area contributed by atoms with Crippen molar-refractivity contribution in [1.82, 2.24) is 4.90 Å². The van der Waals surface area contributed by atoms with Crippen LogP contribution in [0.1, 0.15) is 63.0 Å². The van der Waals surface area contributed by atoms with Gasteiger partial charge in [-0.2, -0.15) is 0 Å². The summed E-state index contributed by atoms with van der Waals surface area (Å²) in [5, 5.41) is 0.764. The highest BCUT2D eigenvalue weighted by Crippen LogP contribution is 2.37. The lowest BCUT2D eigenvalue weighted by atomic mass is 9.88. The van der Waals surface area contributed by atoms with Crippen LogP contribution >= 0.6 is 11.6 Å². The Bertz CT molecular complexity index is 464. The number of piperidine rings is 1. The number of carbonyl (C=O) groups is 1. The molecule has 1 unspecified atom stereocenters. The molecule has 2 aliphatic rings. The predicted molar refractivity (Wildman–Crippen MR) is 81.8 cm³/mol. The number of nitrogens with zero attached hydrogens (tertiary/aromatic N) is 1. The molecule has 0 N–H and O–H groups in total. The van der Waals surface area contributed by atoms with Gasteiger partial charge in [-0.15, -0.1) is 0 Å². The molecule has 1 saturated heterocycles. The smallest absolute Gasteiger partial charge is 0.223 e. The Morgan fingerprint density at radius 2 is 1.65 bits per heavy atom. The van der Waals surface area contributed by atoms with Gasteiger partial charge in [0.25, 0.3) is 0 Å². The third-order valence-electron chi connectivity index (χ3n) is 4.71. The molecule has 1 aliphatic heterocycles. The molecule has 1 aliphatic carbocycles. The van der Waals surface area contributed by atoms with Crippen molar-refractivity contribution in [1.29, 1.82) is 0 Å². The van der Waals surface area contributed by atoms with Crippen molar-refractivity contribution in [2.75, 3.05) is 0 Å². The summed E-state index contributed by atoms with van der Waals surface area (Å²) in [6.45, 7) is 0. The summed E-state index contributed by atoms with van der Waals surface area (Å²) in [7, 11) is 0. The Balaban J connectivity index is 1.85. The number of hydrogen-bond donors (Lipinski definition) is 0. The topological polar surface area (TPSA) is 20.3 Å². The standard InChI is InChI=1S/C17H22ClNO/c18-14-11-9-13(10-12-14)16-7-4-8-17(20)19(16)15-5-2-1-3-6-15/h9-12,15-16H,1-8H2. The van der Waals surface area contributed by atoms with Crippen LogP contribution in [0.15, 0.2) is 24.3 Å². The van der Waals surface area contributed by atoms with E-state index in [0.717, 1.165) is 24.3 Å². The number of halogens is 1. The van der Waals surface area contributed by atoms with E-state index in [1.54, 1.807) is 0 Å². The van der Waals surface area contributed by atoms with Gasteiger partial charge in [0.2, 0.25) is 5.91 Å². The van der Waals surface area contributed by atoms with E-state index in [9.17, 15) is 4.79 Å². The molecular weight excluding hydrogens is 270 g/mol. The van der Waals surface area contributed by atoms with E-state index in [0.29, 0.717) is 11.9 Å². The summed E-state index contributed by atoms with van der Waals surface area (Å²) in [6.07, 6.45) is 9.03. The fraction of sp³-hybridized carbons (Fsp3) is 0.588. The first-order chi connectivity index (χ1) is 9.75. The van der Waals surface area contributed by atoms with E-state index < -0.39 is 0 Å². The monoisotopic (exact) mass is 291 g/mol. The molecule has 108 valence electrons.